The Bertz CT molecular complexity index is 1370. The molecule has 2 N–H and O–H groups in total. The van der Waals surface area contributed by atoms with Crippen LogP contribution in [-0.4, -0.2) is 26.8 Å². The molecule has 0 aliphatic carbocycles. The average Bonchev–Trinajstić information content (AvgIpc) is 3.27. The predicted molar refractivity (Wildman–Crippen MR) is 125 cm³/mol. The Morgan fingerprint density at radius 1 is 0.939 bits per heavy atom. The number of nitrogens with one attached hydrogen (secondary N) is 2. The van der Waals surface area contributed by atoms with E-state index in [1.807, 2.05) is 32.0 Å². The lowest BCUT2D eigenvalue weighted by Gasteiger charge is -2.12. The molecule has 0 radical (unpaired) electrons. The van der Waals surface area contributed by atoms with Crippen LogP contribution >= 0.6 is 0 Å². The van der Waals surface area contributed by atoms with Gasteiger partial charge in [-0.2, -0.15) is 5.10 Å². The molecule has 0 unspecified atom stereocenters. The van der Waals surface area contributed by atoms with Crippen molar-refractivity contribution >= 4 is 27.3 Å². The molecule has 9 heteroatoms. The predicted octanol–water partition coefficient (Wildman–Crippen LogP) is 3.99. The Hall–Kier alpha value is -3.85. The molecule has 1 amide bonds. The van der Waals surface area contributed by atoms with Crippen molar-refractivity contribution in [3.63, 3.8) is 0 Å². The Morgan fingerprint density at radius 2 is 1.73 bits per heavy atom. The van der Waals surface area contributed by atoms with Crippen molar-refractivity contribution in [1.82, 2.24) is 5.43 Å². The molecular formula is C24H23N3O5S. The quantitative estimate of drug-likeness (QED) is 0.423. The SMILES string of the molecule is C/C(=N/NC(=O)c1cccc(S(=O)(=O)Nc2ccc(C)cc2C)c1)c1ccc2c(c1)OCO2. The largest absolute Gasteiger partial charge is 0.454 e. The zero-order valence-electron chi connectivity index (χ0n) is 18.4. The second kappa shape index (κ2) is 8.95. The second-order valence-electron chi connectivity index (χ2n) is 7.66. The van der Waals surface area contributed by atoms with Gasteiger partial charge in [-0.25, -0.2) is 13.8 Å². The van der Waals surface area contributed by atoms with Crippen LogP contribution in [0.15, 0.2) is 70.7 Å². The van der Waals surface area contributed by atoms with Crippen LogP contribution in [0.25, 0.3) is 0 Å². The molecule has 0 spiro atoms. The van der Waals surface area contributed by atoms with Gasteiger partial charge in [0.15, 0.2) is 11.5 Å². The van der Waals surface area contributed by atoms with Gasteiger partial charge in [-0.3, -0.25) is 9.52 Å². The third kappa shape index (κ3) is 4.98. The first-order valence-electron chi connectivity index (χ1n) is 10.2. The van der Waals surface area contributed by atoms with E-state index in [-0.39, 0.29) is 17.3 Å². The minimum absolute atomic E-state index is 0.0217. The number of hydrogen-bond acceptors (Lipinski definition) is 6. The molecule has 170 valence electrons. The van der Waals surface area contributed by atoms with Gasteiger partial charge in [-0.1, -0.05) is 23.8 Å². The zero-order chi connectivity index (χ0) is 23.6. The summed E-state index contributed by atoms with van der Waals surface area (Å²) in [6.45, 7) is 5.68. The normalized spacial score (nSPS) is 13.0. The summed E-state index contributed by atoms with van der Waals surface area (Å²) in [6, 6.07) is 16.6. The highest BCUT2D eigenvalue weighted by Crippen LogP contribution is 2.32. The van der Waals surface area contributed by atoms with E-state index in [0.29, 0.717) is 22.9 Å². The number of sulfonamides is 1. The van der Waals surface area contributed by atoms with Crippen molar-refractivity contribution in [1.29, 1.82) is 0 Å². The van der Waals surface area contributed by atoms with E-state index >= 15 is 0 Å². The van der Waals surface area contributed by atoms with Crippen molar-refractivity contribution < 1.29 is 22.7 Å². The summed E-state index contributed by atoms with van der Waals surface area (Å²) in [4.78, 5) is 12.6. The summed E-state index contributed by atoms with van der Waals surface area (Å²) < 4.78 is 39.0. The molecular weight excluding hydrogens is 442 g/mol. The van der Waals surface area contributed by atoms with Gasteiger partial charge in [-0.05, 0) is 68.8 Å². The molecule has 3 aromatic carbocycles. The van der Waals surface area contributed by atoms with Crippen LogP contribution in [-0.2, 0) is 10.0 Å². The van der Waals surface area contributed by atoms with Gasteiger partial charge in [0.25, 0.3) is 15.9 Å². The minimum atomic E-state index is -3.88. The molecule has 8 nitrogen and oxygen atoms in total. The topological polar surface area (TPSA) is 106 Å². The number of fused-ring (bicyclic) bond motifs is 1. The Balaban J connectivity index is 1.49. The summed E-state index contributed by atoms with van der Waals surface area (Å²) in [5.74, 6) is 0.740. The molecule has 1 aliphatic heterocycles. The molecule has 4 rings (SSSR count). The third-order valence-electron chi connectivity index (χ3n) is 5.15. The maximum absolute atomic E-state index is 12.9. The van der Waals surface area contributed by atoms with Crippen LogP contribution in [0.1, 0.15) is 34.0 Å². The van der Waals surface area contributed by atoms with Crippen molar-refractivity contribution in [2.45, 2.75) is 25.7 Å². The van der Waals surface area contributed by atoms with E-state index in [1.165, 1.54) is 24.3 Å². The highest BCUT2D eigenvalue weighted by molar-refractivity contribution is 7.92. The Labute approximate surface area is 192 Å². The fraction of sp³-hybridized carbons (Fsp3) is 0.167. The number of amides is 1. The average molecular weight is 466 g/mol. The molecule has 0 bridgehead atoms. The van der Waals surface area contributed by atoms with E-state index < -0.39 is 15.9 Å². The highest BCUT2D eigenvalue weighted by atomic mass is 32.2. The summed E-state index contributed by atoms with van der Waals surface area (Å²) in [6.07, 6.45) is 0. The lowest BCUT2D eigenvalue weighted by atomic mass is 10.1. The van der Waals surface area contributed by atoms with Crippen molar-refractivity contribution in [2.24, 2.45) is 5.10 Å². The second-order valence-corrected chi connectivity index (χ2v) is 9.34. The van der Waals surface area contributed by atoms with Gasteiger partial charge in [-0.15, -0.1) is 0 Å². The van der Waals surface area contributed by atoms with Gasteiger partial charge >= 0.3 is 0 Å². The first-order valence-corrected chi connectivity index (χ1v) is 11.7. The standard InChI is InChI=1S/C24H23N3O5S/c1-15-7-9-21(16(2)11-15)27-33(29,30)20-6-4-5-19(12-20)24(28)26-25-17(3)18-8-10-22-23(13-18)32-14-31-22/h4-13,27H,14H2,1-3H3,(H,26,28)/b25-17-. The number of benzene rings is 3. The molecule has 0 fully saturated rings. The summed E-state index contributed by atoms with van der Waals surface area (Å²) in [7, 11) is -3.88. The molecule has 0 saturated heterocycles. The number of ether oxygens (including phenoxy) is 2. The molecule has 3 aromatic rings. The monoisotopic (exact) mass is 465 g/mol. The summed E-state index contributed by atoms with van der Waals surface area (Å²) in [5, 5.41) is 4.13. The molecule has 33 heavy (non-hydrogen) atoms. The lowest BCUT2D eigenvalue weighted by molar-refractivity contribution is 0.0954. The van der Waals surface area contributed by atoms with Gasteiger partial charge < -0.3 is 9.47 Å². The Morgan fingerprint density at radius 3 is 2.52 bits per heavy atom. The molecule has 1 aliphatic rings. The van der Waals surface area contributed by atoms with E-state index in [2.05, 4.69) is 15.2 Å². The number of carbonyl (C=O) groups is 1. The smallest absolute Gasteiger partial charge is 0.271 e. The number of nitrogens with zero attached hydrogens (tertiary/aromatic N) is 1. The van der Waals surface area contributed by atoms with Gasteiger partial charge in [0.2, 0.25) is 6.79 Å². The molecule has 0 saturated carbocycles. The first kappa shape index (κ1) is 22.3. The molecule has 0 aromatic heterocycles. The van der Waals surface area contributed by atoms with Crippen molar-refractivity contribution in [3.8, 4) is 11.5 Å². The number of hydrazone groups is 1. The number of anilines is 1. The van der Waals surface area contributed by atoms with Gasteiger partial charge in [0.1, 0.15) is 0 Å². The maximum Gasteiger partial charge on any atom is 0.271 e. The number of hydrogen-bond donors (Lipinski definition) is 2. The minimum Gasteiger partial charge on any atom is -0.454 e. The van der Waals surface area contributed by atoms with E-state index in [1.54, 1.807) is 25.1 Å². The van der Waals surface area contributed by atoms with Crippen LogP contribution in [0, 0.1) is 13.8 Å². The van der Waals surface area contributed by atoms with Crippen LogP contribution in [0.4, 0.5) is 5.69 Å². The van der Waals surface area contributed by atoms with Crippen LogP contribution in [0.3, 0.4) is 0 Å². The third-order valence-corrected chi connectivity index (χ3v) is 6.51. The van der Waals surface area contributed by atoms with Crippen molar-refractivity contribution in [3.05, 3.63) is 82.9 Å². The number of aryl methyl sites for hydroxylation is 2. The fourth-order valence-corrected chi connectivity index (χ4v) is 4.50. The van der Waals surface area contributed by atoms with E-state index in [9.17, 15) is 13.2 Å². The number of carbonyl (C=O) groups excluding carboxylic acids is 1. The summed E-state index contributed by atoms with van der Waals surface area (Å²) in [5.41, 5.74) is 6.28. The van der Waals surface area contributed by atoms with E-state index in [0.717, 1.165) is 16.7 Å². The number of rotatable bonds is 6. The van der Waals surface area contributed by atoms with Gasteiger partial charge in [0, 0.05) is 11.1 Å². The van der Waals surface area contributed by atoms with Crippen LogP contribution in [0.2, 0.25) is 0 Å². The maximum atomic E-state index is 12.9. The summed E-state index contributed by atoms with van der Waals surface area (Å²) >= 11 is 0. The fourth-order valence-electron chi connectivity index (χ4n) is 3.32. The van der Waals surface area contributed by atoms with Crippen molar-refractivity contribution in [2.75, 3.05) is 11.5 Å². The van der Waals surface area contributed by atoms with Crippen LogP contribution < -0.4 is 19.6 Å². The molecule has 1 heterocycles. The van der Waals surface area contributed by atoms with Gasteiger partial charge in [0.05, 0.1) is 16.3 Å². The Kier molecular flexibility index (Phi) is 6.06. The zero-order valence-corrected chi connectivity index (χ0v) is 19.2. The molecule has 0 atom stereocenters. The van der Waals surface area contributed by atoms with Crippen LogP contribution in [0.5, 0.6) is 11.5 Å². The highest BCUT2D eigenvalue weighted by Gasteiger charge is 2.18. The lowest BCUT2D eigenvalue weighted by Crippen LogP contribution is -2.20. The first-order chi connectivity index (χ1) is 15.7. The van der Waals surface area contributed by atoms with E-state index in [4.69, 9.17) is 9.47 Å².